The van der Waals surface area contributed by atoms with Crippen LogP contribution in [0.2, 0.25) is 0 Å². The van der Waals surface area contributed by atoms with Gasteiger partial charge in [-0.05, 0) is 50.3 Å². The first-order chi connectivity index (χ1) is 7.34. The maximum atomic E-state index is 6.09. The number of aryl methyl sites for hydroxylation is 1. The number of hydrogen-bond acceptors (Lipinski definition) is 1. The quantitative estimate of drug-likeness (QED) is 0.765. The van der Waals surface area contributed by atoms with Crippen LogP contribution in [-0.2, 0) is 12.0 Å². The zero-order chi connectivity index (χ0) is 12.3. The van der Waals surface area contributed by atoms with Gasteiger partial charge in [-0.25, -0.2) is 0 Å². The minimum absolute atomic E-state index is 0.259. The SMILES string of the molecule is C=C(CC)Cc1ccc(C(C)(C)N)cc1C. The van der Waals surface area contributed by atoms with Crippen molar-refractivity contribution in [3.05, 3.63) is 47.0 Å². The fraction of sp³-hybridized carbons (Fsp3) is 0.467. The lowest BCUT2D eigenvalue weighted by Crippen LogP contribution is -2.28. The van der Waals surface area contributed by atoms with E-state index in [2.05, 4.69) is 38.6 Å². The first kappa shape index (κ1) is 13.0. The molecule has 0 aliphatic heterocycles. The summed E-state index contributed by atoms with van der Waals surface area (Å²) in [6.45, 7) is 12.4. The van der Waals surface area contributed by atoms with Gasteiger partial charge in [0.05, 0.1) is 0 Å². The van der Waals surface area contributed by atoms with Crippen molar-refractivity contribution < 1.29 is 0 Å². The Hall–Kier alpha value is -1.08. The lowest BCUT2D eigenvalue weighted by molar-refractivity contribution is 0.554. The van der Waals surface area contributed by atoms with Crippen molar-refractivity contribution in [1.82, 2.24) is 0 Å². The second-order valence-electron chi connectivity index (χ2n) is 5.14. The van der Waals surface area contributed by atoms with Gasteiger partial charge in [-0.3, -0.25) is 0 Å². The van der Waals surface area contributed by atoms with E-state index in [1.54, 1.807) is 0 Å². The smallest absolute Gasteiger partial charge is 0.0352 e. The lowest BCUT2D eigenvalue weighted by Gasteiger charge is -2.20. The van der Waals surface area contributed by atoms with Crippen LogP contribution in [-0.4, -0.2) is 0 Å². The Labute approximate surface area is 99.4 Å². The van der Waals surface area contributed by atoms with E-state index in [0.29, 0.717) is 0 Å². The van der Waals surface area contributed by atoms with Crippen LogP contribution in [0.1, 0.15) is 43.9 Å². The highest BCUT2D eigenvalue weighted by Gasteiger charge is 2.14. The molecular formula is C15H23N. The molecule has 0 saturated heterocycles. The van der Waals surface area contributed by atoms with Gasteiger partial charge >= 0.3 is 0 Å². The van der Waals surface area contributed by atoms with Gasteiger partial charge in [-0.2, -0.15) is 0 Å². The zero-order valence-electron chi connectivity index (χ0n) is 10.9. The summed E-state index contributed by atoms with van der Waals surface area (Å²) in [5, 5.41) is 0. The molecular weight excluding hydrogens is 194 g/mol. The van der Waals surface area contributed by atoms with Gasteiger partial charge < -0.3 is 5.73 Å². The van der Waals surface area contributed by atoms with E-state index in [9.17, 15) is 0 Å². The predicted molar refractivity (Wildman–Crippen MR) is 71.5 cm³/mol. The Kier molecular flexibility index (Phi) is 3.93. The summed E-state index contributed by atoms with van der Waals surface area (Å²) >= 11 is 0. The number of rotatable bonds is 4. The number of allylic oxidation sites excluding steroid dienone is 1. The highest BCUT2D eigenvalue weighted by molar-refractivity contribution is 5.36. The summed E-state index contributed by atoms with van der Waals surface area (Å²) in [5.74, 6) is 0. The fourth-order valence-corrected chi connectivity index (χ4v) is 1.69. The summed E-state index contributed by atoms with van der Waals surface area (Å²) in [5.41, 5.74) is 11.0. The summed E-state index contributed by atoms with van der Waals surface area (Å²) in [7, 11) is 0. The highest BCUT2D eigenvalue weighted by atomic mass is 14.7. The van der Waals surface area contributed by atoms with E-state index in [1.165, 1.54) is 22.3 Å². The van der Waals surface area contributed by atoms with Gasteiger partial charge in [0.15, 0.2) is 0 Å². The Bertz CT molecular complexity index is 383. The zero-order valence-corrected chi connectivity index (χ0v) is 10.9. The van der Waals surface area contributed by atoms with E-state index in [1.807, 2.05) is 13.8 Å². The fourth-order valence-electron chi connectivity index (χ4n) is 1.69. The molecule has 16 heavy (non-hydrogen) atoms. The molecule has 0 unspecified atom stereocenters. The molecule has 0 aliphatic rings. The molecule has 0 heterocycles. The molecule has 1 nitrogen and oxygen atoms in total. The molecule has 1 heteroatoms. The number of hydrogen-bond donors (Lipinski definition) is 1. The monoisotopic (exact) mass is 217 g/mol. The molecule has 0 atom stereocenters. The Morgan fingerprint density at radius 1 is 1.38 bits per heavy atom. The van der Waals surface area contributed by atoms with Crippen molar-refractivity contribution in [3.8, 4) is 0 Å². The van der Waals surface area contributed by atoms with Crippen molar-refractivity contribution in [2.75, 3.05) is 0 Å². The van der Waals surface area contributed by atoms with Crippen LogP contribution in [0.4, 0.5) is 0 Å². The topological polar surface area (TPSA) is 26.0 Å². The third-order valence-electron chi connectivity index (χ3n) is 3.03. The second-order valence-corrected chi connectivity index (χ2v) is 5.14. The summed E-state index contributed by atoms with van der Waals surface area (Å²) < 4.78 is 0. The Balaban J connectivity index is 2.96. The van der Waals surface area contributed by atoms with Crippen LogP contribution >= 0.6 is 0 Å². The highest BCUT2D eigenvalue weighted by Crippen LogP contribution is 2.22. The van der Waals surface area contributed by atoms with Crippen molar-refractivity contribution in [2.24, 2.45) is 5.73 Å². The molecule has 0 radical (unpaired) electrons. The van der Waals surface area contributed by atoms with Crippen molar-refractivity contribution in [2.45, 2.75) is 46.1 Å². The minimum atomic E-state index is -0.259. The molecule has 0 fully saturated rings. The van der Waals surface area contributed by atoms with E-state index in [4.69, 9.17) is 5.73 Å². The predicted octanol–water partition coefficient (Wildman–Crippen LogP) is 3.70. The molecule has 1 rings (SSSR count). The van der Waals surface area contributed by atoms with Gasteiger partial charge in [-0.15, -0.1) is 0 Å². The molecule has 0 saturated carbocycles. The number of nitrogens with two attached hydrogens (primary N) is 1. The van der Waals surface area contributed by atoms with E-state index in [-0.39, 0.29) is 5.54 Å². The summed E-state index contributed by atoms with van der Waals surface area (Å²) in [6, 6.07) is 6.50. The Morgan fingerprint density at radius 2 is 2.00 bits per heavy atom. The van der Waals surface area contributed by atoms with E-state index >= 15 is 0 Å². The van der Waals surface area contributed by atoms with Crippen LogP contribution in [0.25, 0.3) is 0 Å². The maximum absolute atomic E-state index is 6.09. The average Bonchev–Trinajstić information content (AvgIpc) is 2.19. The molecule has 2 N–H and O–H groups in total. The van der Waals surface area contributed by atoms with Crippen LogP contribution < -0.4 is 5.73 Å². The van der Waals surface area contributed by atoms with E-state index < -0.39 is 0 Å². The number of benzene rings is 1. The van der Waals surface area contributed by atoms with Gasteiger partial charge in [-0.1, -0.05) is 37.3 Å². The average molecular weight is 217 g/mol. The van der Waals surface area contributed by atoms with Crippen molar-refractivity contribution in [1.29, 1.82) is 0 Å². The van der Waals surface area contributed by atoms with Crippen LogP contribution in [0, 0.1) is 6.92 Å². The molecule has 88 valence electrons. The van der Waals surface area contributed by atoms with Crippen LogP contribution in [0.3, 0.4) is 0 Å². The molecule has 0 aromatic heterocycles. The molecule has 0 spiro atoms. The van der Waals surface area contributed by atoms with Crippen LogP contribution in [0.15, 0.2) is 30.4 Å². The second kappa shape index (κ2) is 4.84. The molecule has 1 aromatic rings. The normalized spacial score (nSPS) is 11.6. The molecule has 0 bridgehead atoms. The van der Waals surface area contributed by atoms with Crippen LogP contribution in [0.5, 0.6) is 0 Å². The Morgan fingerprint density at radius 3 is 2.44 bits per heavy atom. The van der Waals surface area contributed by atoms with Gasteiger partial charge in [0.2, 0.25) is 0 Å². The molecule has 0 aliphatic carbocycles. The summed E-state index contributed by atoms with van der Waals surface area (Å²) in [4.78, 5) is 0. The van der Waals surface area contributed by atoms with Crippen molar-refractivity contribution >= 4 is 0 Å². The third kappa shape index (κ3) is 3.21. The lowest BCUT2D eigenvalue weighted by atomic mass is 9.91. The first-order valence-electron chi connectivity index (χ1n) is 5.90. The minimum Gasteiger partial charge on any atom is -0.322 e. The van der Waals surface area contributed by atoms with E-state index in [0.717, 1.165) is 12.8 Å². The van der Waals surface area contributed by atoms with Gasteiger partial charge in [0.1, 0.15) is 0 Å². The van der Waals surface area contributed by atoms with Gasteiger partial charge in [0, 0.05) is 5.54 Å². The molecule has 1 aromatic carbocycles. The van der Waals surface area contributed by atoms with Crippen molar-refractivity contribution in [3.63, 3.8) is 0 Å². The largest absolute Gasteiger partial charge is 0.322 e. The third-order valence-corrected chi connectivity index (χ3v) is 3.03. The summed E-state index contributed by atoms with van der Waals surface area (Å²) in [6.07, 6.45) is 2.02. The first-order valence-corrected chi connectivity index (χ1v) is 5.90. The van der Waals surface area contributed by atoms with Gasteiger partial charge in [0.25, 0.3) is 0 Å². The standard InChI is InChI=1S/C15H23N/c1-6-11(2)9-13-7-8-14(10-12(13)3)15(4,5)16/h7-8,10H,2,6,9,16H2,1,3-5H3. The molecule has 0 amide bonds. The maximum Gasteiger partial charge on any atom is 0.0352 e.